The molecule has 2 unspecified atom stereocenters. The summed E-state index contributed by atoms with van der Waals surface area (Å²) in [5, 5.41) is 36.4. The Morgan fingerprint density at radius 2 is 1.68 bits per heavy atom. The largest absolute Gasteiger partial charge is 0.480 e. The summed E-state index contributed by atoms with van der Waals surface area (Å²) in [5.74, 6) is 3.18. The van der Waals surface area contributed by atoms with Crippen molar-refractivity contribution in [1.29, 1.82) is 0 Å². The van der Waals surface area contributed by atoms with E-state index in [1.54, 1.807) is 26.3 Å². The smallest absolute Gasteiger partial charge is 0.408 e. The Morgan fingerprint density at radius 1 is 1.02 bits per heavy atom. The molecular formula is C37H66N2O8. The van der Waals surface area contributed by atoms with Gasteiger partial charge in [-0.05, 0) is 118 Å². The van der Waals surface area contributed by atoms with Crippen molar-refractivity contribution in [2.45, 2.75) is 144 Å². The molecule has 4 rings (SSSR count). The van der Waals surface area contributed by atoms with Crippen LogP contribution in [0.25, 0.3) is 0 Å². The quantitative estimate of drug-likeness (QED) is 0.152. The van der Waals surface area contributed by atoms with Crippen LogP contribution in [0.3, 0.4) is 0 Å². The van der Waals surface area contributed by atoms with Gasteiger partial charge >= 0.3 is 18.0 Å². The molecule has 0 aromatic heterocycles. The van der Waals surface area contributed by atoms with E-state index in [1.807, 2.05) is 0 Å². The highest BCUT2D eigenvalue weighted by molar-refractivity contribution is 5.76. The Bertz CT molecular complexity index is 1070. The number of aliphatic carboxylic acids is 2. The lowest BCUT2D eigenvalue weighted by molar-refractivity contribution is -0.139. The number of aliphatic hydroxyl groups excluding tert-OH is 2. The summed E-state index contributed by atoms with van der Waals surface area (Å²) in [4.78, 5) is 30.4. The van der Waals surface area contributed by atoms with Crippen LogP contribution in [0, 0.1) is 46.3 Å². The van der Waals surface area contributed by atoms with Crippen molar-refractivity contribution in [3.8, 4) is 0 Å². The van der Waals surface area contributed by atoms with Crippen molar-refractivity contribution < 1.29 is 39.5 Å². The van der Waals surface area contributed by atoms with Gasteiger partial charge in [0.15, 0.2) is 0 Å². The number of nitrogens with one attached hydrogen (secondary N) is 1. The summed E-state index contributed by atoms with van der Waals surface area (Å²) < 4.78 is 4.77. The molecule has 0 radical (unpaired) electrons. The lowest BCUT2D eigenvalue weighted by Gasteiger charge is -2.58. The van der Waals surface area contributed by atoms with Gasteiger partial charge in [-0.2, -0.15) is 0 Å². The fourth-order valence-electron chi connectivity index (χ4n) is 9.21. The van der Waals surface area contributed by atoms with Crippen LogP contribution in [0.5, 0.6) is 0 Å². The van der Waals surface area contributed by atoms with E-state index < -0.39 is 42.8 Å². The number of aliphatic hydroxyl groups is 2. The average molecular weight is 667 g/mol. The molecule has 0 aliphatic heterocycles. The number of carbonyl (C=O) groups excluding carboxylic acids is 1. The van der Waals surface area contributed by atoms with Crippen LogP contribution < -0.4 is 11.1 Å². The number of hydrogen-bond acceptors (Lipinski definition) is 7. The third-order valence-electron chi connectivity index (χ3n) is 11.6. The Morgan fingerprint density at radius 3 is 2.21 bits per heavy atom. The number of carboxylic acid groups (broad SMARTS) is 2. The fourth-order valence-corrected chi connectivity index (χ4v) is 9.21. The summed E-state index contributed by atoms with van der Waals surface area (Å²) >= 11 is 0. The van der Waals surface area contributed by atoms with Gasteiger partial charge in [-0.3, -0.25) is 9.59 Å². The second-order valence-corrected chi connectivity index (χ2v) is 16.6. The second kappa shape index (κ2) is 17.5. The standard InChI is InChI=1S/C27H46O.C7H13NO4.C3H7NO3/c1-18(2)7-6-8-19(3)23-11-12-24-22-10-9-20-17-21(28)13-15-26(20,4)25(22)14-16-27(23,24)5;1-7(2,3)12-6(11)8-4-5(9)10;4-2(1-5)3(6)7/h9,18-19,21-25,28H,6-8,10-17H2,1-5H3;4H2,1-3H3,(H,8,11)(H,9,10);2,5H,1,4H2,(H,6,7)/t19?,21-,22-,23+,24-,25-,26-,27+;;/m0../s1. The highest BCUT2D eigenvalue weighted by Gasteiger charge is 2.59. The second-order valence-electron chi connectivity index (χ2n) is 16.6. The number of rotatable bonds is 9. The molecule has 4 aliphatic carbocycles. The Balaban J connectivity index is 0.000000335. The number of allylic oxidation sites excluding steroid dienone is 1. The van der Waals surface area contributed by atoms with Crippen LogP contribution in [0.1, 0.15) is 126 Å². The predicted molar refractivity (Wildman–Crippen MR) is 184 cm³/mol. The molecule has 9 atom stereocenters. The third-order valence-corrected chi connectivity index (χ3v) is 11.6. The molecule has 0 heterocycles. The highest BCUT2D eigenvalue weighted by atomic mass is 16.6. The molecule has 272 valence electrons. The van der Waals surface area contributed by atoms with Crippen molar-refractivity contribution in [1.82, 2.24) is 5.32 Å². The molecule has 0 saturated heterocycles. The number of carboxylic acids is 2. The minimum Gasteiger partial charge on any atom is -0.480 e. The zero-order valence-corrected chi connectivity index (χ0v) is 30.4. The van der Waals surface area contributed by atoms with Crippen molar-refractivity contribution in [3.05, 3.63) is 11.6 Å². The lowest BCUT2D eigenvalue weighted by atomic mass is 9.47. The van der Waals surface area contributed by atoms with Gasteiger partial charge in [0.25, 0.3) is 0 Å². The summed E-state index contributed by atoms with van der Waals surface area (Å²) in [6.07, 6.45) is 16.4. The third kappa shape index (κ3) is 11.5. The fraction of sp³-hybridized carbons (Fsp3) is 0.865. The lowest BCUT2D eigenvalue weighted by Crippen LogP contribution is -2.50. The van der Waals surface area contributed by atoms with E-state index in [0.717, 1.165) is 48.3 Å². The molecular weight excluding hydrogens is 600 g/mol. The summed E-state index contributed by atoms with van der Waals surface area (Å²) in [7, 11) is 0. The molecule has 0 aromatic carbocycles. The van der Waals surface area contributed by atoms with Crippen molar-refractivity contribution in [3.63, 3.8) is 0 Å². The summed E-state index contributed by atoms with van der Waals surface area (Å²) in [6, 6.07) is -1.13. The first-order chi connectivity index (χ1) is 21.7. The number of carbonyl (C=O) groups is 3. The molecule has 7 N–H and O–H groups in total. The maximum Gasteiger partial charge on any atom is 0.408 e. The molecule has 3 fully saturated rings. The van der Waals surface area contributed by atoms with E-state index in [-0.39, 0.29) is 6.10 Å². The van der Waals surface area contributed by atoms with Gasteiger partial charge in [-0.1, -0.05) is 65.5 Å². The van der Waals surface area contributed by atoms with Crippen molar-refractivity contribution in [2.75, 3.05) is 13.2 Å². The van der Waals surface area contributed by atoms with E-state index in [1.165, 1.54) is 57.8 Å². The number of fused-ring (bicyclic) bond motifs is 5. The van der Waals surface area contributed by atoms with Crippen LogP contribution in [-0.2, 0) is 14.3 Å². The predicted octanol–water partition coefficient (Wildman–Crippen LogP) is 6.38. The first-order valence-corrected chi connectivity index (χ1v) is 17.9. The number of amides is 1. The zero-order valence-electron chi connectivity index (χ0n) is 30.4. The van der Waals surface area contributed by atoms with Crippen molar-refractivity contribution >= 4 is 18.0 Å². The number of ether oxygens (including phenoxy) is 1. The summed E-state index contributed by atoms with van der Waals surface area (Å²) in [5.41, 5.74) is 6.77. The Labute approximate surface area is 283 Å². The molecule has 47 heavy (non-hydrogen) atoms. The van der Waals surface area contributed by atoms with Gasteiger partial charge in [0, 0.05) is 0 Å². The van der Waals surface area contributed by atoms with E-state index >= 15 is 0 Å². The maximum absolute atomic E-state index is 10.8. The van der Waals surface area contributed by atoms with Crippen LogP contribution in [0.4, 0.5) is 4.79 Å². The highest BCUT2D eigenvalue weighted by Crippen LogP contribution is 2.67. The first kappa shape index (κ1) is 41.0. The van der Waals surface area contributed by atoms with Crippen LogP contribution >= 0.6 is 0 Å². The van der Waals surface area contributed by atoms with Gasteiger partial charge in [0.05, 0.1) is 12.7 Å². The molecule has 0 bridgehead atoms. The normalized spacial score (nSPS) is 32.4. The van der Waals surface area contributed by atoms with E-state index in [4.69, 9.17) is 25.8 Å². The van der Waals surface area contributed by atoms with Gasteiger partial charge in [0.2, 0.25) is 0 Å². The van der Waals surface area contributed by atoms with Crippen LogP contribution in [0.2, 0.25) is 0 Å². The molecule has 3 saturated carbocycles. The van der Waals surface area contributed by atoms with Crippen LogP contribution in [0.15, 0.2) is 11.6 Å². The zero-order chi connectivity index (χ0) is 35.7. The van der Waals surface area contributed by atoms with Gasteiger partial charge < -0.3 is 36.2 Å². The SMILES string of the molecule is CC(C)(C)OC(=O)NCC(=O)O.CC(C)CCCC(C)[C@H]1CC[C@H]2[C@@H]3CC=C4C[C@@H](O)CC[C@]4(C)[C@H]3CC[C@]12C.NC(CO)C(=O)O. The number of nitrogens with two attached hydrogens (primary N) is 1. The van der Waals surface area contributed by atoms with Gasteiger partial charge in [-0.25, -0.2) is 4.79 Å². The average Bonchev–Trinajstić information content (AvgIpc) is 3.33. The number of hydrogen-bond donors (Lipinski definition) is 6. The molecule has 0 spiro atoms. The Hall–Kier alpha value is -2.17. The summed E-state index contributed by atoms with van der Waals surface area (Å²) in [6.45, 7) is 16.7. The van der Waals surface area contributed by atoms with Gasteiger partial charge in [0.1, 0.15) is 18.2 Å². The molecule has 0 aromatic rings. The maximum atomic E-state index is 10.8. The monoisotopic (exact) mass is 666 g/mol. The Kier molecular flexibility index (Phi) is 15.2. The molecule has 10 nitrogen and oxygen atoms in total. The molecule has 10 heteroatoms. The topological polar surface area (TPSA) is 179 Å². The van der Waals surface area contributed by atoms with Crippen molar-refractivity contribution in [2.24, 2.45) is 52.1 Å². The van der Waals surface area contributed by atoms with E-state index in [0.29, 0.717) is 10.8 Å². The van der Waals surface area contributed by atoms with Crippen LogP contribution in [-0.4, -0.2) is 69.4 Å². The van der Waals surface area contributed by atoms with E-state index in [2.05, 4.69) is 46.0 Å². The molecule has 1 amide bonds. The molecule has 4 aliphatic rings. The van der Waals surface area contributed by atoms with E-state index in [9.17, 15) is 19.5 Å². The minimum absolute atomic E-state index is 0.0766. The first-order valence-electron chi connectivity index (χ1n) is 17.9. The minimum atomic E-state index is -1.18. The van der Waals surface area contributed by atoms with Gasteiger partial charge in [-0.15, -0.1) is 0 Å². The number of alkyl carbamates (subject to hydrolysis) is 1.